The maximum atomic E-state index is 15.3. The van der Waals surface area contributed by atoms with Crippen molar-refractivity contribution in [1.82, 2.24) is 9.80 Å². The van der Waals surface area contributed by atoms with Crippen molar-refractivity contribution >= 4 is 81.1 Å². The summed E-state index contributed by atoms with van der Waals surface area (Å²) >= 11 is 32.7. The Kier molecular flexibility index (Phi) is 10.5. The molecular weight excluding hydrogens is 625 g/mol. The summed E-state index contributed by atoms with van der Waals surface area (Å²) in [7, 11) is 0. The van der Waals surface area contributed by atoms with Gasteiger partial charge in [-0.15, -0.1) is 0 Å². The Bertz CT molecular complexity index is 1460. The molecular formula is C31H32Cl5FN4. The first-order chi connectivity index (χ1) is 19.5. The summed E-state index contributed by atoms with van der Waals surface area (Å²) in [5, 5.41) is 0.362. The highest BCUT2D eigenvalue weighted by Gasteiger charge is 2.30. The van der Waals surface area contributed by atoms with E-state index in [2.05, 4.69) is 36.9 Å². The molecule has 3 aromatic carbocycles. The Labute approximate surface area is 266 Å². The van der Waals surface area contributed by atoms with E-state index in [1.807, 2.05) is 31.7 Å². The quantitative estimate of drug-likeness (QED) is 0.118. The highest BCUT2D eigenvalue weighted by Crippen LogP contribution is 2.45. The molecule has 1 saturated heterocycles. The van der Waals surface area contributed by atoms with Crippen LogP contribution in [0.1, 0.15) is 55.0 Å². The van der Waals surface area contributed by atoms with E-state index in [9.17, 15) is 0 Å². The fourth-order valence-electron chi connectivity index (χ4n) is 5.07. The van der Waals surface area contributed by atoms with Crippen LogP contribution >= 0.6 is 58.0 Å². The average molecular weight is 657 g/mol. The van der Waals surface area contributed by atoms with Gasteiger partial charge in [-0.05, 0) is 68.4 Å². The van der Waals surface area contributed by atoms with Gasteiger partial charge in [-0.2, -0.15) is 0 Å². The van der Waals surface area contributed by atoms with Gasteiger partial charge in [0.15, 0.2) is 0 Å². The van der Waals surface area contributed by atoms with Gasteiger partial charge >= 0.3 is 0 Å². The number of para-hydroxylation sites is 1. The summed E-state index contributed by atoms with van der Waals surface area (Å²) in [6, 6.07) is 9.65. The number of amidine groups is 2. The summed E-state index contributed by atoms with van der Waals surface area (Å²) in [5.74, 6) is 0.770. The van der Waals surface area contributed by atoms with Crippen LogP contribution in [-0.2, 0) is 12.8 Å². The van der Waals surface area contributed by atoms with Crippen molar-refractivity contribution in [2.24, 2.45) is 9.98 Å². The number of hydrogen-bond acceptors (Lipinski definition) is 2. The van der Waals surface area contributed by atoms with Crippen molar-refractivity contribution in [1.29, 1.82) is 0 Å². The average Bonchev–Trinajstić information content (AvgIpc) is 2.96. The molecule has 0 bridgehead atoms. The minimum absolute atomic E-state index is 0.0497. The number of rotatable bonds is 5. The van der Waals surface area contributed by atoms with Crippen LogP contribution in [0, 0.1) is 19.7 Å². The van der Waals surface area contributed by atoms with E-state index in [1.165, 1.54) is 17.2 Å². The Hall–Kier alpha value is -2.02. The molecule has 0 aliphatic carbocycles. The molecule has 1 heterocycles. The minimum Gasteiger partial charge on any atom is -0.342 e. The van der Waals surface area contributed by atoms with Crippen molar-refractivity contribution < 1.29 is 4.39 Å². The van der Waals surface area contributed by atoms with Crippen LogP contribution in [0.3, 0.4) is 0 Å². The third-order valence-electron chi connectivity index (χ3n) is 7.24. The summed E-state index contributed by atoms with van der Waals surface area (Å²) in [6.07, 6.45) is 2.57. The van der Waals surface area contributed by atoms with Crippen molar-refractivity contribution in [3.63, 3.8) is 0 Å². The molecule has 4 rings (SSSR count). The van der Waals surface area contributed by atoms with E-state index in [-0.39, 0.29) is 30.8 Å². The number of hydrogen-bond donors (Lipinski definition) is 0. The fourth-order valence-corrected chi connectivity index (χ4v) is 6.38. The topological polar surface area (TPSA) is 31.2 Å². The summed E-state index contributed by atoms with van der Waals surface area (Å²) < 4.78 is 15.3. The standard InChI is InChI=1S/C31H32Cl5FN4/c1-6-20-10-8-11-21(7-2)30(20)38-19(5)40-12-9-13-41(16-40)31(39-29-18(4)14-17(3)15-22(29)37)23-24(32)26(34)28(36)27(35)25(23)33/h8,10-11,14-15H,6-7,9,12-13,16H2,1-5H3/b38-19+,39-31+. The number of aryl methyl sites for hydroxylation is 4. The van der Waals surface area contributed by atoms with E-state index < -0.39 is 5.82 Å². The Morgan fingerprint density at radius 3 is 1.93 bits per heavy atom. The third kappa shape index (κ3) is 6.65. The smallest absolute Gasteiger partial charge is 0.149 e. The second-order valence-electron chi connectivity index (χ2n) is 10.1. The third-order valence-corrected chi connectivity index (χ3v) is 9.52. The predicted octanol–water partition coefficient (Wildman–Crippen LogP) is 10.6. The largest absolute Gasteiger partial charge is 0.342 e. The Morgan fingerprint density at radius 2 is 1.37 bits per heavy atom. The number of benzene rings is 3. The highest BCUT2D eigenvalue weighted by atomic mass is 35.5. The Morgan fingerprint density at radius 1 is 0.805 bits per heavy atom. The molecule has 3 aromatic rings. The predicted molar refractivity (Wildman–Crippen MR) is 174 cm³/mol. The summed E-state index contributed by atoms with van der Waals surface area (Å²) in [6.45, 7) is 11.7. The van der Waals surface area contributed by atoms with Crippen LogP contribution in [0.15, 0.2) is 40.3 Å². The molecule has 0 radical (unpaired) electrons. The van der Waals surface area contributed by atoms with Crippen molar-refractivity contribution in [3.8, 4) is 0 Å². The lowest BCUT2D eigenvalue weighted by Crippen LogP contribution is -2.49. The molecule has 1 fully saturated rings. The van der Waals surface area contributed by atoms with E-state index in [0.29, 0.717) is 30.2 Å². The molecule has 0 atom stereocenters. The van der Waals surface area contributed by atoms with Crippen LogP contribution < -0.4 is 0 Å². The van der Waals surface area contributed by atoms with E-state index in [4.69, 9.17) is 68.0 Å². The Balaban J connectivity index is 1.85. The van der Waals surface area contributed by atoms with E-state index in [1.54, 1.807) is 0 Å². The summed E-state index contributed by atoms with van der Waals surface area (Å²) in [4.78, 5) is 14.1. The van der Waals surface area contributed by atoms with Gasteiger partial charge in [0.05, 0.1) is 43.0 Å². The highest BCUT2D eigenvalue weighted by molar-refractivity contribution is 6.56. The molecule has 0 saturated carbocycles. The van der Waals surface area contributed by atoms with Crippen LogP contribution in [-0.4, -0.2) is 41.2 Å². The van der Waals surface area contributed by atoms with Gasteiger partial charge in [0.1, 0.15) is 23.2 Å². The van der Waals surface area contributed by atoms with Gasteiger partial charge < -0.3 is 9.80 Å². The normalized spacial score (nSPS) is 14.7. The monoisotopic (exact) mass is 654 g/mol. The molecule has 0 amide bonds. The first kappa shape index (κ1) is 31.9. The molecule has 218 valence electrons. The summed E-state index contributed by atoms with van der Waals surface area (Å²) in [5.41, 5.74) is 5.38. The van der Waals surface area contributed by atoms with Gasteiger partial charge in [-0.3, -0.25) is 0 Å². The van der Waals surface area contributed by atoms with Gasteiger partial charge in [0.2, 0.25) is 0 Å². The van der Waals surface area contributed by atoms with Crippen LogP contribution in [0.5, 0.6) is 0 Å². The molecule has 0 N–H and O–H groups in total. The number of aliphatic imine (C=N–C) groups is 2. The molecule has 0 spiro atoms. The zero-order valence-electron chi connectivity index (χ0n) is 23.7. The maximum Gasteiger partial charge on any atom is 0.149 e. The number of nitrogens with zero attached hydrogens (tertiary/aromatic N) is 4. The second-order valence-corrected chi connectivity index (χ2v) is 12.0. The molecule has 41 heavy (non-hydrogen) atoms. The van der Waals surface area contributed by atoms with Gasteiger partial charge in [-0.1, -0.05) is 96.1 Å². The SMILES string of the molecule is CCc1cccc(CC)c1/N=C(\C)N1CCCN(/C(=N/c2c(C)cc(C)cc2F)c2c(Cl)c(Cl)c(Cl)c(Cl)c2Cl)C1. The van der Waals surface area contributed by atoms with Crippen molar-refractivity contribution in [2.45, 2.75) is 53.9 Å². The zero-order valence-corrected chi connectivity index (χ0v) is 27.5. The first-order valence-corrected chi connectivity index (χ1v) is 15.4. The number of halogens is 6. The first-order valence-electron chi connectivity index (χ1n) is 13.5. The molecule has 1 aliphatic rings. The lowest BCUT2D eigenvalue weighted by Gasteiger charge is -2.39. The van der Waals surface area contributed by atoms with Crippen molar-refractivity contribution in [3.05, 3.63) is 89.1 Å². The zero-order chi connectivity index (χ0) is 30.0. The minimum atomic E-state index is -0.451. The second kappa shape index (κ2) is 13.5. The molecule has 0 aromatic heterocycles. The lowest BCUT2D eigenvalue weighted by atomic mass is 10.0. The lowest BCUT2D eigenvalue weighted by molar-refractivity contribution is 0.212. The van der Waals surface area contributed by atoms with E-state index >= 15 is 4.39 Å². The van der Waals surface area contributed by atoms with Gasteiger partial charge in [-0.25, -0.2) is 14.4 Å². The van der Waals surface area contributed by atoms with E-state index in [0.717, 1.165) is 42.9 Å². The fraction of sp³-hybridized carbons (Fsp3) is 0.355. The van der Waals surface area contributed by atoms with Crippen molar-refractivity contribution in [2.75, 3.05) is 19.8 Å². The molecule has 4 nitrogen and oxygen atoms in total. The maximum absolute atomic E-state index is 15.3. The molecule has 10 heteroatoms. The van der Waals surface area contributed by atoms with Crippen LogP contribution in [0.4, 0.5) is 15.8 Å². The molecule has 0 unspecified atom stereocenters. The van der Waals surface area contributed by atoms with Gasteiger partial charge in [0, 0.05) is 13.1 Å². The van der Waals surface area contributed by atoms with Gasteiger partial charge in [0.25, 0.3) is 0 Å². The molecule has 1 aliphatic heterocycles. The van der Waals surface area contributed by atoms with Crippen LogP contribution in [0.2, 0.25) is 25.1 Å². The van der Waals surface area contributed by atoms with Crippen LogP contribution in [0.25, 0.3) is 0 Å².